The van der Waals surface area contributed by atoms with Crippen molar-refractivity contribution >= 4 is 17.4 Å². The van der Waals surface area contributed by atoms with Gasteiger partial charge in [-0.05, 0) is 75.9 Å². The van der Waals surface area contributed by atoms with E-state index in [1.54, 1.807) is 17.1 Å². The molecule has 6 heteroatoms. The van der Waals surface area contributed by atoms with Crippen molar-refractivity contribution in [2.45, 2.75) is 64.7 Å². The fraction of sp³-hybridized carbons (Fsp3) is 0.654. The van der Waals surface area contributed by atoms with E-state index in [1.807, 2.05) is 0 Å². The smallest absolute Gasteiger partial charge is 0.246 e. The standard InChI is InChI=1S/C26H36FN3O2/c1-2-3-6-23-22-7-4-5-8-24(22)28-30(26(23)32)18-17-29-15-13-20(14-16-29)25(31)19-9-11-21(27)12-10-19/h9-12,20,22-23H,2-8,13-18H2,1H3. The lowest BCUT2D eigenvalue weighted by Crippen LogP contribution is -2.48. The van der Waals surface area contributed by atoms with Crippen LogP contribution in [0.15, 0.2) is 29.4 Å². The molecule has 1 aromatic rings. The summed E-state index contributed by atoms with van der Waals surface area (Å²) >= 11 is 0. The summed E-state index contributed by atoms with van der Waals surface area (Å²) in [6, 6.07) is 5.87. The number of halogens is 1. The molecular formula is C26H36FN3O2. The number of fused-ring (bicyclic) bond motifs is 1. The predicted molar refractivity (Wildman–Crippen MR) is 124 cm³/mol. The molecule has 32 heavy (non-hydrogen) atoms. The molecule has 1 aromatic carbocycles. The second-order valence-corrected chi connectivity index (χ2v) is 9.64. The van der Waals surface area contributed by atoms with Gasteiger partial charge in [0.1, 0.15) is 5.82 Å². The Morgan fingerprint density at radius 1 is 1.09 bits per heavy atom. The van der Waals surface area contributed by atoms with E-state index < -0.39 is 0 Å². The minimum absolute atomic E-state index is 0.00464. The average Bonchev–Trinajstić information content (AvgIpc) is 2.83. The van der Waals surface area contributed by atoms with Crippen LogP contribution in [0.25, 0.3) is 0 Å². The normalized spacial score (nSPS) is 24.9. The summed E-state index contributed by atoms with van der Waals surface area (Å²) in [5, 5.41) is 6.56. The van der Waals surface area contributed by atoms with Gasteiger partial charge < -0.3 is 4.90 Å². The van der Waals surface area contributed by atoms with E-state index in [1.165, 1.54) is 30.7 Å². The molecule has 174 valence electrons. The molecule has 1 saturated carbocycles. The van der Waals surface area contributed by atoms with Gasteiger partial charge in [-0.25, -0.2) is 9.40 Å². The molecule has 2 heterocycles. The first kappa shape index (κ1) is 23.1. The van der Waals surface area contributed by atoms with Crippen LogP contribution in [-0.4, -0.2) is 53.5 Å². The largest absolute Gasteiger partial charge is 0.301 e. The van der Waals surface area contributed by atoms with E-state index in [-0.39, 0.29) is 29.3 Å². The number of rotatable bonds is 8. The minimum Gasteiger partial charge on any atom is -0.301 e. The van der Waals surface area contributed by atoms with Gasteiger partial charge in [0, 0.05) is 35.6 Å². The Balaban J connectivity index is 1.30. The quantitative estimate of drug-likeness (QED) is 0.539. The van der Waals surface area contributed by atoms with Gasteiger partial charge in [-0.3, -0.25) is 9.59 Å². The first-order valence-electron chi connectivity index (χ1n) is 12.5. The topological polar surface area (TPSA) is 53.0 Å². The van der Waals surface area contributed by atoms with Crippen molar-refractivity contribution in [1.29, 1.82) is 0 Å². The number of carbonyl (C=O) groups excluding carboxylic acids is 2. The van der Waals surface area contributed by atoms with Crippen molar-refractivity contribution in [2.75, 3.05) is 26.2 Å². The summed E-state index contributed by atoms with van der Waals surface area (Å²) < 4.78 is 13.1. The Labute approximate surface area is 191 Å². The average molecular weight is 442 g/mol. The molecule has 2 fully saturated rings. The molecule has 0 spiro atoms. The van der Waals surface area contributed by atoms with Crippen LogP contribution in [0.5, 0.6) is 0 Å². The highest BCUT2D eigenvalue weighted by atomic mass is 19.1. The van der Waals surface area contributed by atoms with E-state index in [9.17, 15) is 14.0 Å². The third-order valence-electron chi connectivity index (χ3n) is 7.52. The van der Waals surface area contributed by atoms with E-state index in [4.69, 9.17) is 5.10 Å². The highest BCUT2D eigenvalue weighted by Gasteiger charge is 2.39. The van der Waals surface area contributed by atoms with Crippen LogP contribution in [0.1, 0.15) is 75.1 Å². The van der Waals surface area contributed by atoms with Crippen molar-refractivity contribution < 1.29 is 14.0 Å². The maximum Gasteiger partial charge on any atom is 0.246 e. The van der Waals surface area contributed by atoms with Crippen LogP contribution in [0.2, 0.25) is 0 Å². The van der Waals surface area contributed by atoms with Crippen molar-refractivity contribution in [2.24, 2.45) is 22.9 Å². The highest BCUT2D eigenvalue weighted by Crippen LogP contribution is 2.36. The third-order valence-corrected chi connectivity index (χ3v) is 7.52. The highest BCUT2D eigenvalue weighted by molar-refractivity contribution is 5.98. The molecule has 1 amide bonds. The van der Waals surface area contributed by atoms with Gasteiger partial charge in [-0.15, -0.1) is 0 Å². The van der Waals surface area contributed by atoms with E-state index >= 15 is 0 Å². The number of hydrogen-bond acceptors (Lipinski definition) is 4. The van der Waals surface area contributed by atoms with E-state index in [0.717, 1.165) is 64.6 Å². The Kier molecular flexibility index (Phi) is 7.71. The minimum atomic E-state index is -0.316. The van der Waals surface area contributed by atoms with Gasteiger partial charge in [-0.2, -0.15) is 5.10 Å². The fourth-order valence-corrected chi connectivity index (χ4v) is 5.56. The van der Waals surface area contributed by atoms with Gasteiger partial charge in [0.2, 0.25) is 5.91 Å². The van der Waals surface area contributed by atoms with Crippen LogP contribution in [-0.2, 0) is 4.79 Å². The zero-order valence-corrected chi connectivity index (χ0v) is 19.3. The number of ketones is 1. The van der Waals surface area contributed by atoms with Gasteiger partial charge >= 0.3 is 0 Å². The Morgan fingerprint density at radius 2 is 1.84 bits per heavy atom. The summed E-state index contributed by atoms with van der Waals surface area (Å²) in [6.45, 7) is 5.31. The molecule has 0 N–H and O–H groups in total. The number of hydrazone groups is 1. The monoisotopic (exact) mass is 441 g/mol. The SMILES string of the molecule is CCCCC1C(=O)N(CCN2CCC(C(=O)c3ccc(F)cc3)CC2)N=C2CCCCC21. The second-order valence-electron chi connectivity index (χ2n) is 9.64. The number of carbonyl (C=O) groups is 2. The molecule has 2 atom stereocenters. The van der Waals surface area contributed by atoms with Crippen molar-refractivity contribution in [3.05, 3.63) is 35.6 Å². The summed E-state index contributed by atoms with van der Waals surface area (Å²) in [5.74, 6) is 0.493. The molecular weight excluding hydrogens is 405 g/mol. The fourth-order valence-electron chi connectivity index (χ4n) is 5.56. The molecule has 3 aliphatic rings. The Bertz CT molecular complexity index is 830. The number of hydrogen-bond donors (Lipinski definition) is 0. The lowest BCUT2D eigenvalue weighted by molar-refractivity contribution is -0.138. The number of unbranched alkanes of at least 4 members (excludes halogenated alkanes) is 1. The van der Waals surface area contributed by atoms with Crippen LogP contribution >= 0.6 is 0 Å². The second kappa shape index (κ2) is 10.7. The van der Waals surface area contributed by atoms with Crippen LogP contribution in [0.3, 0.4) is 0 Å². The molecule has 5 nitrogen and oxygen atoms in total. The Hall–Kier alpha value is -2.08. The third kappa shape index (κ3) is 5.28. The summed E-state index contributed by atoms with van der Waals surface area (Å²) in [6.07, 6.45) is 9.36. The number of likely N-dealkylation sites (tertiary alicyclic amines) is 1. The van der Waals surface area contributed by atoms with E-state index in [0.29, 0.717) is 18.0 Å². The number of Topliss-reactive ketones (excluding diaryl/α,β-unsaturated/α-hetero) is 1. The maximum atomic E-state index is 13.2. The molecule has 2 aliphatic heterocycles. The van der Waals surface area contributed by atoms with Crippen molar-refractivity contribution in [3.63, 3.8) is 0 Å². The summed E-state index contributed by atoms with van der Waals surface area (Å²) in [7, 11) is 0. The summed E-state index contributed by atoms with van der Waals surface area (Å²) in [4.78, 5) is 28.3. The van der Waals surface area contributed by atoms with Crippen LogP contribution in [0.4, 0.5) is 4.39 Å². The predicted octanol–water partition coefficient (Wildman–Crippen LogP) is 4.92. The number of nitrogens with zero attached hydrogens (tertiary/aromatic N) is 3. The number of amides is 1. The molecule has 1 saturated heterocycles. The number of benzene rings is 1. The van der Waals surface area contributed by atoms with Crippen LogP contribution < -0.4 is 0 Å². The lowest BCUT2D eigenvalue weighted by Gasteiger charge is -2.39. The van der Waals surface area contributed by atoms with Gasteiger partial charge in [0.25, 0.3) is 0 Å². The molecule has 0 bridgehead atoms. The Morgan fingerprint density at radius 3 is 2.56 bits per heavy atom. The molecule has 4 rings (SSSR count). The first-order valence-corrected chi connectivity index (χ1v) is 12.5. The number of piperidine rings is 1. The zero-order valence-electron chi connectivity index (χ0n) is 19.3. The molecule has 1 aliphatic carbocycles. The van der Waals surface area contributed by atoms with Crippen molar-refractivity contribution in [3.8, 4) is 0 Å². The van der Waals surface area contributed by atoms with Gasteiger partial charge in [0.15, 0.2) is 5.78 Å². The lowest BCUT2D eigenvalue weighted by atomic mass is 9.75. The van der Waals surface area contributed by atoms with Gasteiger partial charge in [-0.1, -0.05) is 26.2 Å². The molecule has 0 radical (unpaired) electrons. The van der Waals surface area contributed by atoms with Crippen molar-refractivity contribution in [1.82, 2.24) is 9.91 Å². The molecule has 2 unspecified atom stereocenters. The first-order chi connectivity index (χ1) is 15.6. The zero-order chi connectivity index (χ0) is 22.5. The van der Waals surface area contributed by atoms with Crippen LogP contribution in [0, 0.1) is 23.6 Å². The van der Waals surface area contributed by atoms with Gasteiger partial charge in [0.05, 0.1) is 6.54 Å². The maximum absolute atomic E-state index is 13.2. The summed E-state index contributed by atoms with van der Waals surface area (Å²) in [5.41, 5.74) is 1.85. The van der Waals surface area contributed by atoms with E-state index in [2.05, 4.69) is 11.8 Å². The molecule has 0 aromatic heterocycles.